The Kier molecular flexibility index (Phi) is 36.3. The van der Waals surface area contributed by atoms with Crippen LogP contribution in [0.15, 0.2) is 48.5 Å². The molecule has 608 valence electrons. The number of aliphatic carboxylic acids is 4. The van der Waals surface area contributed by atoms with E-state index in [1.54, 1.807) is 61.7 Å². The predicted molar refractivity (Wildman–Crippen MR) is 406 cm³/mol. The number of aliphatic hydroxyl groups excluding tert-OH is 1. The first-order chi connectivity index (χ1) is 52.5. The van der Waals surface area contributed by atoms with E-state index in [0.717, 1.165) is 29.5 Å². The molecule has 2 aromatic carbocycles. The van der Waals surface area contributed by atoms with Gasteiger partial charge in [0.2, 0.25) is 59.1 Å². The lowest BCUT2D eigenvalue weighted by atomic mass is 10.0. The molecule has 2 aromatic rings. The molecular formula is C73H110N16O19S2. The minimum Gasteiger partial charge on any atom is -0.481 e. The van der Waals surface area contributed by atoms with Crippen LogP contribution in [0.1, 0.15) is 107 Å². The van der Waals surface area contributed by atoms with Gasteiger partial charge in [-0.05, 0) is 74.2 Å². The van der Waals surface area contributed by atoms with E-state index in [1.165, 1.54) is 23.6 Å². The molecule has 0 spiro atoms. The van der Waals surface area contributed by atoms with Crippen LogP contribution in [0.5, 0.6) is 0 Å². The van der Waals surface area contributed by atoms with E-state index in [2.05, 4.69) is 42.9 Å². The van der Waals surface area contributed by atoms with Crippen molar-refractivity contribution in [2.75, 3.05) is 136 Å². The topological polar surface area (TPSA) is 490 Å². The van der Waals surface area contributed by atoms with Gasteiger partial charge in [0.05, 0.1) is 50.8 Å². The second kappa shape index (κ2) is 45.1. The first-order valence-corrected chi connectivity index (χ1v) is 40.0. The van der Waals surface area contributed by atoms with Crippen molar-refractivity contribution in [2.24, 2.45) is 11.5 Å². The third kappa shape index (κ3) is 29.9. The average Bonchev–Trinajstić information content (AvgIpc) is 1.58. The van der Waals surface area contributed by atoms with Gasteiger partial charge in [-0.2, -0.15) is 23.5 Å². The molecule has 4 fully saturated rings. The zero-order valence-corrected chi connectivity index (χ0v) is 64.4. The molecule has 37 heteroatoms. The number of carboxylic acid groups (broad SMARTS) is 4. The summed E-state index contributed by atoms with van der Waals surface area (Å²) in [5.41, 5.74) is 14.2. The third-order valence-electron chi connectivity index (χ3n) is 20.0. The Labute approximate surface area is 648 Å². The van der Waals surface area contributed by atoms with Crippen molar-refractivity contribution in [1.82, 2.24) is 71.1 Å². The molecule has 9 atom stereocenters. The summed E-state index contributed by atoms with van der Waals surface area (Å²) in [6.07, 6.45) is 0.853. The van der Waals surface area contributed by atoms with Crippen LogP contribution in [0.2, 0.25) is 0 Å². The maximum Gasteiger partial charge on any atom is 0.317 e. The highest BCUT2D eigenvalue weighted by Crippen LogP contribution is 2.28. The van der Waals surface area contributed by atoms with Gasteiger partial charge in [0.25, 0.3) is 0 Å². The number of unbranched alkanes of at least 4 members (excludes halogenated alkanes) is 2. The van der Waals surface area contributed by atoms with E-state index in [-0.39, 0.29) is 134 Å². The molecule has 0 radical (unpaired) electrons. The van der Waals surface area contributed by atoms with Gasteiger partial charge < -0.3 is 78.7 Å². The van der Waals surface area contributed by atoms with E-state index in [9.17, 15) is 92.7 Å². The maximum atomic E-state index is 14.9. The number of primary amides is 2. The van der Waals surface area contributed by atoms with Crippen molar-refractivity contribution in [3.63, 3.8) is 0 Å². The molecule has 0 unspecified atom stereocenters. The first-order valence-electron chi connectivity index (χ1n) is 37.7. The molecule has 0 aliphatic carbocycles. The number of amides is 10. The largest absolute Gasteiger partial charge is 0.481 e. The molecule has 7 rings (SSSR count). The monoisotopic (exact) mass is 1580 g/mol. The van der Waals surface area contributed by atoms with Gasteiger partial charge in [-0.15, -0.1) is 0 Å². The van der Waals surface area contributed by atoms with Crippen molar-refractivity contribution in [3.05, 3.63) is 70.8 Å². The van der Waals surface area contributed by atoms with E-state index in [1.807, 2.05) is 28.9 Å². The summed E-state index contributed by atoms with van der Waals surface area (Å²) in [7, 11) is 0. The minimum absolute atomic E-state index is 0.0361. The zero-order chi connectivity index (χ0) is 80.0. The van der Waals surface area contributed by atoms with Crippen molar-refractivity contribution < 1.29 is 92.7 Å². The molecule has 10 amide bonds. The van der Waals surface area contributed by atoms with Crippen LogP contribution < -0.4 is 43.4 Å². The van der Waals surface area contributed by atoms with E-state index < -0.39 is 139 Å². The lowest BCUT2D eigenvalue weighted by Gasteiger charge is -2.37. The number of benzene rings is 2. The molecule has 0 saturated carbocycles. The van der Waals surface area contributed by atoms with Crippen LogP contribution >= 0.6 is 23.5 Å². The Morgan fingerprint density at radius 2 is 1.13 bits per heavy atom. The summed E-state index contributed by atoms with van der Waals surface area (Å²) in [6, 6.07) is 4.05. The summed E-state index contributed by atoms with van der Waals surface area (Å²) in [4.78, 5) is 203. The highest BCUT2D eigenvalue weighted by atomic mass is 32.2. The van der Waals surface area contributed by atoms with Gasteiger partial charge in [-0.25, -0.2) is 0 Å². The highest BCUT2D eigenvalue weighted by Gasteiger charge is 2.43. The first kappa shape index (κ1) is 88.7. The summed E-state index contributed by atoms with van der Waals surface area (Å²) in [6.45, 7) is 7.21. The van der Waals surface area contributed by atoms with Crippen LogP contribution in [-0.2, 0) is 91.6 Å². The summed E-state index contributed by atoms with van der Waals surface area (Å²) < 4.78 is 0. The molecule has 5 aliphatic heterocycles. The maximum absolute atomic E-state index is 14.9. The van der Waals surface area contributed by atoms with Crippen molar-refractivity contribution in [1.29, 1.82) is 0 Å². The Bertz CT molecular complexity index is 3470. The average molecular weight is 1580 g/mol. The van der Waals surface area contributed by atoms with Crippen molar-refractivity contribution >= 4 is 106 Å². The summed E-state index contributed by atoms with van der Waals surface area (Å²) in [5, 5.41) is 66.1. The highest BCUT2D eigenvalue weighted by molar-refractivity contribution is 7.98. The minimum atomic E-state index is -1.73. The second-order valence-electron chi connectivity index (χ2n) is 28.9. The van der Waals surface area contributed by atoms with Gasteiger partial charge in [-0.3, -0.25) is 96.5 Å². The van der Waals surface area contributed by atoms with Crippen LogP contribution in [0.25, 0.3) is 0 Å². The molecular weight excluding hydrogens is 1470 g/mol. The molecule has 110 heavy (non-hydrogen) atoms. The number of piperazine rings is 1. The van der Waals surface area contributed by atoms with E-state index in [4.69, 9.17) is 11.5 Å². The smallest absolute Gasteiger partial charge is 0.317 e. The number of carbonyl (C=O) groups is 14. The van der Waals surface area contributed by atoms with Crippen molar-refractivity contribution in [3.8, 4) is 0 Å². The van der Waals surface area contributed by atoms with Gasteiger partial charge in [-0.1, -0.05) is 68.3 Å². The lowest BCUT2D eigenvalue weighted by Crippen LogP contribution is -2.62. The summed E-state index contributed by atoms with van der Waals surface area (Å²) in [5.74, 6) is -11.4. The second-order valence-corrected chi connectivity index (χ2v) is 30.9. The molecule has 15 N–H and O–H groups in total. The number of nitrogens with zero attached hydrogens (tertiary/aromatic N) is 8. The molecule has 35 nitrogen and oxygen atoms in total. The van der Waals surface area contributed by atoms with Gasteiger partial charge >= 0.3 is 23.9 Å². The fourth-order valence-electron chi connectivity index (χ4n) is 14.2. The predicted octanol–water partition coefficient (Wildman–Crippen LogP) is -2.92. The zero-order valence-electron chi connectivity index (χ0n) is 62.8. The van der Waals surface area contributed by atoms with Crippen molar-refractivity contribution in [2.45, 2.75) is 163 Å². The van der Waals surface area contributed by atoms with Crippen LogP contribution in [0, 0.1) is 0 Å². The Balaban J connectivity index is 1.20. The molecule has 5 aliphatic rings. The molecule has 5 heterocycles. The van der Waals surface area contributed by atoms with E-state index in [0.29, 0.717) is 88.6 Å². The number of carboxylic acids is 4. The number of thioether (sulfide) groups is 2. The van der Waals surface area contributed by atoms with Crippen LogP contribution in [-0.4, -0.2) is 338 Å². The normalized spacial score (nSPS) is 23.8. The van der Waals surface area contributed by atoms with Crippen LogP contribution in [0.4, 0.5) is 0 Å². The Morgan fingerprint density at radius 3 is 1.68 bits per heavy atom. The fraction of sp³-hybridized carbons (Fsp3) is 0.644. The lowest BCUT2D eigenvalue weighted by molar-refractivity contribution is -0.143. The number of hydrogen-bond donors (Lipinski definition) is 13. The Hall–Kier alpha value is -8.56. The Morgan fingerprint density at radius 1 is 0.582 bits per heavy atom. The molecule has 2 bridgehead atoms. The number of fused-ring (bicyclic) bond motifs is 4. The number of hydrogen-bond acceptors (Lipinski definition) is 23. The van der Waals surface area contributed by atoms with E-state index >= 15 is 0 Å². The number of nitrogens with two attached hydrogens (primary N) is 2. The fourth-order valence-corrected chi connectivity index (χ4v) is 16.2. The van der Waals surface area contributed by atoms with Gasteiger partial charge in [0, 0.05) is 140 Å². The van der Waals surface area contributed by atoms with Crippen LogP contribution in [0.3, 0.4) is 0 Å². The molecule has 0 aromatic heterocycles. The number of rotatable bonds is 26. The quantitative estimate of drug-likeness (QED) is 0.0420. The van der Waals surface area contributed by atoms with Gasteiger partial charge in [0.15, 0.2) is 0 Å². The SMILES string of the molecule is CCCCCC(=O)N[C@H]1CSCc2cc(cc(CN3CCN(C(=O)CN4CCN(CC(=O)O)CCN(CC(=O)O)CCN(CC(=O)O)CC4)CC3)c2)CSC[C@@H](C(=O)N[C@@H](CC(=O)O)C(N)=O)NC(=O)[C@H](Cc2ccccc2)NC(=O)[C@H](CCC(N)=O)NC(=O)[C@H]([C@@H](C)O)NC(=O)[C@@H]2CCCN2C(=O)[C@@H]2CCCN2C1. The number of carbonyl (C=O) groups excluding carboxylic acids is 10. The number of aliphatic hydroxyl groups is 1. The van der Waals surface area contributed by atoms with Gasteiger partial charge in [0.1, 0.15) is 36.3 Å². The standard InChI is InChI=1S/C73H110N16O19S2/c1-3-4-6-15-60(92)76-52-38-88-18-9-14-58(88)73(108)89-19-10-13-57(89)71(106)81-66(47(2)90)72(107)77-53(16-17-59(74)91)68(103)79-55(35-48-11-7-5-8-12-48)69(104)80-56(70(105)78-54(67(75)102)36-62(94)95)46-110-44-51-33-49(32-50(34-51)43-109-45-52)37-82-28-30-87(31-29-82)61(93)39-83-20-22-84(40-63(96)97)24-26-86(42-65(100)101)27-25-85(23-21-83)41-64(98)99/h5,7-8,11-12,32-34,47,52-58,66,90H,3-4,6,9-10,13-31,35-46H2,1-2H3,(H2,74,91)(H2,75,102)(H,76,92)(H,77,107)(H,78,105)(H,79,103)(H,80,104)(H,81,106)(H,94,95)(H,96,97)(H,98,99)(H,100,101)/t47-,52-,53+,54+,55+,56+,57+,58+,66+/m1/s1. The third-order valence-corrected chi connectivity index (χ3v) is 22.3. The molecule has 4 saturated heterocycles. The number of nitrogens with one attached hydrogen (secondary N) is 6. The summed E-state index contributed by atoms with van der Waals surface area (Å²) >= 11 is 2.75.